The summed E-state index contributed by atoms with van der Waals surface area (Å²) >= 11 is 0. The van der Waals surface area contributed by atoms with Crippen LogP contribution in [0.2, 0.25) is 0 Å². The van der Waals surface area contributed by atoms with E-state index < -0.39 is 0 Å². The third kappa shape index (κ3) is 6.43. The zero-order chi connectivity index (χ0) is 21.2. The lowest BCUT2D eigenvalue weighted by atomic mass is 10.2. The van der Waals surface area contributed by atoms with Crippen molar-refractivity contribution in [3.63, 3.8) is 0 Å². The number of ether oxygens (including phenoxy) is 1. The minimum atomic E-state index is -0.299. The van der Waals surface area contributed by atoms with Gasteiger partial charge in [0, 0.05) is 38.5 Å². The Bertz CT molecular complexity index is 822. The largest absolute Gasteiger partial charge is 0.488 e. The number of nitrogens with one attached hydrogen (secondary N) is 2. The topological polar surface area (TPSA) is 76.4 Å². The molecule has 0 amide bonds. The van der Waals surface area contributed by atoms with Crippen molar-refractivity contribution < 1.29 is 9.13 Å². The first-order valence-corrected chi connectivity index (χ1v) is 11.0. The summed E-state index contributed by atoms with van der Waals surface area (Å²) in [5.74, 6) is 3.13. The molecule has 0 aliphatic carbocycles. The molecule has 1 atom stereocenters. The van der Waals surface area contributed by atoms with Gasteiger partial charge < -0.3 is 19.9 Å². The van der Waals surface area contributed by atoms with Crippen LogP contribution in [0.4, 0.5) is 4.39 Å². The summed E-state index contributed by atoms with van der Waals surface area (Å²) in [7, 11) is 0. The summed E-state index contributed by atoms with van der Waals surface area (Å²) in [6.45, 7) is 7.08. The smallest absolute Gasteiger partial charge is 0.191 e. The van der Waals surface area contributed by atoms with Crippen molar-refractivity contribution in [1.29, 1.82) is 0 Å². The number of nitrogens with zero attached hydrogens (tertiary/aromatic N) is 4. The fourth-order valence-electron chi connectivity index (χ4n) is 3.54. The maximum Gasteiger partial charge on any atom is 0.191 e. The van der Waals surface area contributed by atoms with Gasteiger partial charge in [0.05, 0.1) is 6.54 Å². The van der Waals surface area contributed by atoms with Gasteiger partial charge in [0.25, 0.3) is 0 Å². The molecular formula is C22H33FN6O. The number of hydrogen-bond donors (Lipinski definition) is 2. The second-order valence-corrected chi connectivity index (χ2v) is 7.50. The highest BCUT2D eigenvalue weighted by atomic mass is 19.1. The van der Waals surface area contributed by atoms with Gasteiger partial charge in [0.2, 0.25) is 0 Å². The first kappa shape index (κ1) is 22.1. The molecule has 7 nitrogen and oxygen atoms in total. The van der Waals surface area contributed by atoms with Crippen LogP contribution < -0.4 is 15.4 Å². The molecule has 0 spiro atoms. The fraction of sp³-hybridized carbons (Fsp3) is 0.591. The van der Waals surface area contributed by atoms with Crippen LogP contribution in [0, 0.1) is 5.82 Å². The van der Waals surface area contributed by atoms with Gasteiger partial charge in [-0.2, -0.15) is 0 Å². The molecule has 8 heteroatoms. The minimum absolute atomic E-state index is 0.116. The van der Waals surface area contributed by atoms with Crippen LogP contribution in [0.3, 0.4) is 0 Å². The van der Waals surface area contributed by atoms with Crippen molar-refractivity contribution in [2.24, 2.45) is 4.99 Å². The number of hydrogen-bond acceptors (Lipinski definition) is 4. The van der Waals surface area contributed by atoms with E-state index in [2.05, 4.69) is 30.4 Å². The lowest BCUT2D eigenvalue weighted by molar-refractivity contribution is 0.205. The number of rotatable bonds is 9. The quantitative estimate of drug-likeness (QED) is 0.485. The minimum Gasteiger partial charge on any atom is -0.488 e. The summed E-state index contributed by atoms with van der Waals surface area (Å²) in [6, 6.07) is 6.22. The summed E-state index contributed by atoms with van der Waals surface area (Å²) in [5, 5.41) is 15.4. The van der Waals surface area contributed by atoms with Gasteiger partial charge in [-0.1, -0.05) is 19.4 Å². The summed E-state index contributed by atoms with van der Waals surface area (Å²) < 4.78 is 21.5. The summed E-state index contributed by atoms with van der Waals surface area (Å²) in [5.41, 5.74) is 0. The fourth-order valence-corrected chi connectivity index (χ4v) is 3.54. The van der Waals surface area contributed by atoms with Crippen molar-refractivity contribution >= 4 is 5.96 Å². The molecule has 0 saturated carbocycles. The number of aryl methyl sites for hydroxylation is 1. The van der Waals surface area contributed by atoms with E-state index in [9.17, 15) is 4.39 Å². The van der Waals surface area contributed by atoms with Gasteiger partial charge in [-0.3, -0.25) is 0 Å². The highest BCUT2D eigenvalue weighted by Crippen LogP contribution is 2.16. The Morgan fingerprint density at radius 3 is 2.93 bits per heavy atom. The van der Waals surface area contributed by atoms with E-state index in [0.29, 0.717) is 12.3 Å². The van der Waals surface area contributed by atoms with E-state index in [0.717, 1.165) is 56.5 Å². The maximum absolute atomic E-state index is 13.4. The SMILES string of the molecule is CCNC(=NCC(CC)Oc1cccc(F)c1)NCCc1nnc2n1CCCCC2. The molecule has 164 valence electrons. The van der Waals surface area contributed by atoms with Crippen molar-refractivity contribution in [2.75, 3.05) is 19.6 Å². The Balaban J connectivity index is 1.53. The molecule has 0 bridgehead atoms. The third-order valence-corrected chi connectivity index (χ3v) is 5.18. The monoisotopic (exact) mass is 416 g/mol. The van der Waals surface area contributed by atoms with Gasteiger partial charge in [0.15, 0.2) is 5.96 Å². The van der Waals surface area contributed by atoms with E-state index in [1.807, 2.05) is 13.8 Å². The summed E-state index contributed by atoms with van der Waals surface area (Å²) in [6.07, 6.45) is 6.14. The van der Waals surface area contributed by atoms with Crippen LogP contribution in [0.5, 0.6) is 5.75 Å². The van der Waals surface area contributed by atoms with E-state index in [1.54, 1.807) is 12.1 Å². The predicted octanol–water partition coefficient (Wildman–Crippen LogP) is 3.10. The Hall–Kier alpha value is -2.64. The molecule has 1 aliphatic rings. The van der Waals surface area contributed by atoms with Crippen LogP contribution >= 0.6 is 0 Å². The molecule has 0 saturated heterocycles. The molecule has 1 aliphatic heterocycles. The first-order valence-electron chi connectivity index (χ1n) is 11.0. The van der Waals surface area contributed by atoms with Gasteiger partial charge in [-0.25, -0.2) is 9.38 Å². The maximum atomic E-state index is 13.4. The number of aromatic nitrogens is 3. The van der Waals surface area contributed by atoms with Crippen molar-refractivity contribution in [3.05, 3.63) is 41.7 Å². The standard InChI is InChI=1S/C22H33FN6O/c1-3-18(30-19-10-8-9-17(23)15-19)16-26-22(24-4-2)25-13-12-21-28-27-20-11-6-5-7-14-29(20)21/h8-10,15,18H,3-7,11-14,16H2,1-2H3,(H2,24,25,26). The zero-order valence-electron chi connectivity index (χ0n) is 18.0. The average Bonchev–Trinajstić information content (AvgIpc) is 2.97. The predicted molar refractivity (Wildman–Crippen MR) is 116 cm³/mol. The Morgan fingerprint density at radius 2 is 2.13 bits per heavy atom. The van der Waals surface area contributed by atoms with E-state index in [-0.39, 0.29) is 11.9 Å². The van der Waals surface area contributed by atoms with Crippen LogP contribution in [0.1, 0.15) is 51.2 Å². The lowest BCUT2D eigenvalue weighted by Crippen LogP contribution is -2.39. The molecule has 1 aromatic heterocycles. The van der Waals surface area contributed by atoms with Crippen molar-refractivity contribution in [2.45, 2.75) is 65.0 Å². The Kier molecular flexibility index (Phi) is 8.47. The molecule has 0 fully saturated rings. The third-order valence-electron chi connectivity index (χ3n) is 5.18. The van der Waals surface area contributed by atoms with Gasteiger partial charge in [0.1, 0.15) is 29.3 Å². The van der Waals surface area contributed by atoms with Crippen LogP contribution in [-0.4, -0.2) is 46.5 Å². The second kappa shape index (κ2) is 11.5. The second-order valence-electron chi connectivity index (χ2n) is 7.50. The molecule has 1 unspecified atom stereocenters. The Morgan fingerprint density at radius 1 is 1.23 bits per heavy atom. The number of aliphatic imine (C=N–C) groups is 1. The lowest BCUT2D eigenvalue weighted by Gasteiger charge is -2.17. The molecule has 1 aromatic carbocycles. The molecule has 2 aromatic rings. The molecule has 3 rings (SSSR count). The Labute approximate surface area is 178 Å². The number of guanidine groups is 1. The zero-order valence-corrected chi connectivity index (χ0v) is 18.0. The number of halogens is 1. The number of benzene rings is 1. The van der Waals surface area contributed by atoms with E-state index in [4.69, 9.17) is 4.74 Å². The normalized spacial score (nSPS) is 15.2. The highest BCUT2D eigenvalue weighted by Gasteiger charge is 2.14. The van der Waals surface area contributed by atoms with E-state index >= 15 is 0 Å². The van der Waals surface area contributed by atoms with Crippen molar-refractivity contribution in [1.82, 2.24) is 25.4 Å². The highest BCUT2D eigenvalue weighted by molar-refractivity contribution is 5.79. The van der Waals surface area contributed by atoms with Crippen LogP contribution in [-0.2, 0) is 19.4 Å². The van der Waals surface area contributed by atoms with Gasteiger partial charge >= 0.3 is 0 Å². The van der Waals surface area contributed by atoms with Gasteiger partial charge in [-0.15, -0.1) is 10.2 Å². The van der Waals surface area contributed by atoms with Crippen molar-refractivity contribution in [3.8, 4) is 5.75 Å². The average molecular weight is 417 g/mol. The number of fused-ring (bicyclic) bond motifs is 1. The molecule has 2 heterocycles. The molecular weight excluding hydrogens is 383 g/mol. The van der Waals surface area contributed by atoms with Gasteiger partial charge in [-0.05, 0) is 38.3 Å². The van der Waals surface area contributed by atoms with E-state index in [1.165, 1.54) is 31.4 Å². The molecule has 2 N–H and O–H groups in total. The van der Waals surface area contributed by atoms with Crippen LogP contribution in [0.25, 0.3) is 0 Å². The van der Waals surface area contributed by atoms with Crippen LogP contribution in [0.15, 0.2) is 29.3 Å². The molecule has 0 radical (unpaired) electrons. The summed E-state index contributed by atoms with van der Waals surface area (Å²) in [4.78, 5) is 4.66. The first-order chi connectivity index (χ1) is 14.7. The molecule has 30 heavy (non-hydrogen) atoms.